The molecule has 1 atom stereocenters. The number of hydrogen-bond donors (Lipinski definition) is 1. The molecule has 1 N–H and O–H groups in total. The van der Waals surface area contributed by atoms with Crippen LogP contribution in [0.2, 0.25) is 0 Å². The summed E-state index contributed by atoms with van der Waals surface area (Å²) in [6, 6.07) is 5.11. The van der Waals surface area contributed by atoms with Crippen molar-refractivity contribution in [3.63, 3.8) is 0 Å². The van der Waals surface area contributed by atoms with E-state index in [0.717, 1.165) is 16.5 Å². The molecule has 1 aromatic rings. The molecule has 120 valence electrons. The Morgan fingerprint density at radius 2 is 2.05 bits per heavy atom. The Morgan fingerprint density at radius 1 is 1.33 bits per heavy atom. The van der Waals surface area contributed by atoms with Crippen LogP contribution >= 0.6 is 15.9 Å². The molecule has 7 heteroatoms. The van der Waals surface area contributed by atoms with E-state index in [4.69, 9.17) is 9.47 Å². The Balaban J connectivity index is 2.66. The highest BCUT2D eigenvalue weighted by Crippen LogP contribution is 2.29. The molecule has 1 aromatic carbocycles. The Morgan fingerprint density at radius 3 is 2.57 bits per heavy atom. The zero-order chi connectivity index (χ0) is 15.9. The largest absolute Gasteiger partial charge is 0.492 e. The highest BCUT2D eigenvalue weighted by Gasteiger charge is 2.28. The van der Waals surface area contributed by atoms with Crippen LogP contribution in [0, 0.1) is 0 Å². The number of alkyl halides is 3. The third-order valence-electron chi connectivity index (χ3n) is 2.72. The van der Waals surface area contributed by atoms with Crippen molar-refractivity contribution in [2.75, 3.05) is 26.9 Å². The van der Waals surface area contributed by atoms with Crippen LogP contribution in [0.3, 0.4) is 0 Å². The van der Waals surface area contributed by atoms with Gasteiger partial charge in [0.15, 0.2) is 0 Å². The van der Waals surface area contributed by atoms with Crippen LogP contribution in [0.5, 0.6) is 5.75 Å². The molecule has 0 spiro atoms. The van der Waals surface area contributed by atoms with E-state index in [1.54, 1.807) is 13.1 Å². The van der Waals surface area contributed by atoms with Crippen molar-refractivity contribution in [2.24, 2.45) is 0 Å². The normalized spacial score (nSPS) is 13.2. The topological polar surface area (TPSA) is 30.5 Å². The molecule has 3 nitrogen and oxygen atoms in total. The molecule has 0 bridgehead atoms. The van der Waals surface area contributed by atoms with Gasteiger partial charge in [-0.3, -0.25) is 0 Å². The lowest BCUT2D eigenvalue weighted by Gasteiger charge is -2.18. The van der Waals surface area contributed by atoms with Crippen LogP contribution in [0.4, 0.5) is 13.2 Å². The van der Waals surface area contributed by atoms with E-state index in [-0.39, 0.29) is 12.6 Å². The average molecular weight is 370 g/mol. The molecule has 0 saturated heterocycles. The molecule has 0 fully saturated rings. The lowest BCUT2D eigenvalue weighted by molar-refractivity contribution is -0.175. The van der Waals surface area contributed by atoms with E-state index in [2.05, 4.69) is 21.2 Å². The van der Waals surface area contributed by atoms with Crippen molar-refractivity contribution in [2.45, 2.75) is 25.6 Å². The molecule has 0 heterocycles. The number of ether oxygens (including phenoxy) is 2. The number of hydrogen-bond acceptors (Lipinski definition) is 3. The van der Waals surface area contributed by atoms with Gasteiger partial charge in [0.25, 0.3) is 0 Å². The fourth-order valence-corrected chi connectivity index (χ4v) is 2.21. The smallest absolute Gasteiger partial charge is 0.411 e. The zero-order valence-corrected chi connectivity index (χ0v) is 13.6. The maximum absolute atomic E-state index is 12.1. The van der Waals surface area contributed by atoms with Crippen LogP contribution < -0.4 is 10.1 Å². The van der Waals surface area contributed by atoms with Crippen LogP contribution in [0.25, 0.3) is 0 Å². The first kappa shape index (κ1) is 18.3. The molecule has 0 saturated carbocycles. The lowest BCUT2D eigenvalue weighted by atomic mass is 10.1. The number of benzene rings is 1. The van der Waals surface area contributed by atoms with Crippen molar-refractivity contribution in [3.05, 3.63) is 28.2 Å². The maximum Gasteiger partial charge on any atom is 0.411 e. The predicted octanol–water partition coefficient (Wildman–Crippen LogP) is 4.08. The molecule has 0 aliphatic carbocycles. The molecule has 0 amide bonds. The Bertz CT molecular complexity index is 441. The Hall–Kier alpha value is -0.790. The van der Waals surface area contributed by atoms with E-state index < -0.39 is 12.8 Å². The van der Waals surface area contributed by atoms with Gasteiger partial charge in [-0.05, 0) is 47.1 Å². The molecule has 1 rings (SSSR count). The third kappa shape index (κ3) is 6.67. The van der Waals surface area contributed by atoms with Crippen LogP contribution in [0.1, 0.15) is 24.9 Å². The van der Waals surface area contributed by atoms with Crippen LogP contribution in [-0.4, -0.2) is 33.0 Å². The highest BCUT2D eigenvalue weighted by atomic mass is 79.9. The first-order chi connectivity index (χ1) is 9.87. The van der Waals surface area contributed by atoms with Gasteiger partial charge < -0.3 is 14.8 Å². The van der Waals surface area contributed by atoms with E-state index in [0.29, 0.717) is 12.4 Å². The number of likely N-dealkylation sites (N-methyl/N-ethyl adjacent to an activating group) is 1. The Kier molecular flexibility index (Phi) is 7.48. The fourth-order valence-electron chi connectivity index (χ4n) is 1.70. The van der Waals surface area contributed by atoms with Gasteiger partial charge in [0, 0.05) is 0 Å². The fraction of sp³-hybridized carbons (Fsp3) is 0.571. The van der Waals surface area contributed by atoms with Gasteiger partial charge in [-0.25, -0.2) is 0 Å². The third-order valence-corrected chi connectivity index (χ3v) is 3.34. The van der Waals surface area contributed by atoms with Gasteiger partial charge in [0.05, 0.1) is 23.7 Å². The summed E-state index contributed by atoms with van der Waals surface area (Å²) in [5.74, 6) is 0.715. The predicted molar refractivity (Wildman–Crippen MR) is 78.6 cm³/mol. The summed E-state index contributed by atoms with van der Waals surface area (Å²) in [7, 11) is 1.68. The molecular formula is C14H19BrF3NO2. The summed E-state index contributed by atoms with van der Waals surface area (Å²) in [5, 5.41) is 2.94. The molecular weight excluding hydrogens is 351 g/mol. The first-order valence-corrected chi connectivity index (χ1v) is 7.40. The first-order valence-electron chi connectivity index (χ1n) is 6.61. The molecule has 0 aliphatic rings. The summed E-state index contributed by atoms with van der Waals surface area (Å²) < 4.78 is 47.2. The van der Waals surface area contributed by atoms with E-state index in [1.807, 2.05) is 19.1 Å². The summed E-state index contributed by atoms with van der Waals surface area (Å²) in [5.41, 5.74) is 0.829. The van der Waals surface area contributed by atoms with Crippen molar-refractivity contribution in [1.82, 2.24) is 5.32 Å². The Labute approximate surface area is 130 Å². The van der Waals surface area contributed by atoms with Gasteiger partial charge in [-0.2, -0.15) is 13.2 Å². The minimum Gasteiger partial charge on any atom is -0.492 e. The molecule has 0 aromatic heterocycles. The minimum absolute atomic E-state index is 0.0579. The summed E-state index contributed by atoms with van der Waals surface area (Å²) >= 11 is 3.40. The second-order valence-corrected chi connectivity index (χ2v) is 5.36. The lowest BCUT2D eigenvalue weighted by Crippen LogP contribution is -2.25. The monoisotopic (exact) mass is 369 g/mol. The average Bonchev–Trinajstić information content (AvgIpc) is 2.41. The number of halogens is 4. The zero-order valence-electron chi connectivity index (χ0n) is 12.0. The quantitative estimate of drug-likeness (QED) is 0.748. The van der Waals surface area contributed by atoms with Crippen LogP contribution in [0.15, 0.2) is 22.7 Å². The van der Waals surface area contributed by atoms with Crippen molar-refractivity contribution in [1.29, 1.82) is 0 Å². The second-order valence-electron chi connectivity index (χ2n) is 4.51. The minimum atomic E-state index is -4.31. The van der Waals surface area contributed by atoms with E-state index in [9.17, 15) is 13.2 Å². The molecule has 21 heavy (non-hydrogen) atoms. The van der Waals surface area contributed by atoms with Gasteiger partial charge in [-0.15, -0.1) is 0 Å². The number of rotatable bonds is 8. The summed E-state index contributed by atoms with van der Waals surface area (Å²) in [4.78, 5) is 0. The van der Waals surface area contributed by atoms with Gasteiger partial charge in [0.2, 0.25) is 0 Å². The van der Waals surface area contributed by atoms with Crippen molar-refractivity contribution < 1.29 is 22.6 Å². The molecule has 0 radical (unpaired) electrons. The van der Waals surface area contributed by atoms with Gasteiger partial charge in [-0.1, -0.05) is 13.0 Å². The SMILES string of the molecule is CCCOc1ccc(C(COCC(F)(F)F)NC)cc1Br. The molecule has 0 aliphatic heterocycles. The van der Waals surface area contributed by atoms with Crippen LogP contribution in [-0.2, 0) is 4.74 Å². The maximum atomic E-state index is 12.1. The molecule has 1 unspecified atom stereocenters. The summed E-state index contributed by atoms with van der Waals surface area (Å²) in [6.45, 7) is 1.32. The van der Waals surface area contributed by atoms with Crippen molar-refractivity contribution >= 4 is 15.9 Å². The second kappa shape index (κ2) is 8.60. The summed E-state index contributed by atoms with van der Waals surface area (Å²) in [6.07, 6.45) is -3.41. The van der Waals surface area contributed by atoms with Gasteiger partial charge >= 0.3 is 6.18 Å². The van der Waals surface area contributed by atoms with Crippen molar-refractivity contribution in [3.8, 4) is 5.75 Å². The number of nitrogens with one attached hydrogen (secondary N) is 1. The highest BCUT2D eigenvalue weighted by molar-refractivity contribution is 9.10. The van der Waals surface area contributed by atoms with E-state index >= 15 is 0 Å². The standard InChI is InChI=1S/C14H19BrF3NO2/c1-3-6-21-13-5-4-10(7-11(13)15)12(19-2)8-20-9-14(16,17)18/h4-5,7,12,19H,3,6,8-9H2,1-2H3. The van der Waals surface area contributed by atoms with Gasteiger partial charge in [0.1, 0.15) is 12.4 Å². The van der Waals surface area contributed by atoms with E-state index in [1.165, 1.54) is 0 Å².